The maximum atomic E-state index is 13.7. The number of likely N-dealkylation sites (tertiary alicyclic amines) is 1. The molecule has 1 heterocycles. The van der Waals surface area contributed by atoms with Gasteiger partial charge in [-0.15, -0.1) is 0 Å². The number of amides is 1. The van der Waals surface area contributed by atoms with Crippen molar-refractivity contribution >= 4 is 17.3 Å². The van der Waals surface area contributed by atoms with Crippen LogP contribution in [0.2, 0.25) is 0 Å². The van der Waals surface area contributed by atoms with E-state index in [4.69, 9.17) is 0 Å². The van der Waals surface area contributed by atoms with Crippen molar-refractivity contribution in [2.45, 2.75) is 32.2 Å². The number of rotatable bonds is 3. The summed E-state index contributed by atoms with van der Waals surface area (Å²) in [4.78, 5) is 24.6. The van der Waals surface area contributed by atoms with Crippen molar-refractivity contribution in [1.29, 1.82) is 0 Å². The standard InChI is InChI=1S/C14H18FN3O3/c1-14(2)5-4-6-17(14)13(19)9-7-11(16-3)10(15)8-12(9)18(20)21/h7-8,16H,4-6H2,1-3H3. The number of hydrogen-bond donors (Lipinski definition) is 1. The van der Waals surface area contributed by atoms with Gasteiger partial charge in [-0.3, -0.25) is 14.9 Å². The average Bonchev–Trinajstić information content (AvgIpc) is 2.77. The molecule has 1 aromatic rings. The van der Waals surface area contributed by atoms with Crippen LogP contribution in [-0.4, -0.2) is 34.9 Å². The van der Waals surface area contributed by atoms with Gasteiger partial charge in [0.2, 0.25) is 0 Å². The Morgan fingerprint density at radius 1 is 1.48 bits per heavy atom. The van der Waals surface area contributed by atoms with Gasteiger partial charge in [-0.05, 0) is 32.8 Å². The van der Waals surface area contributed by atoms with E-state index < -0.39 is 22.3 Å². The molecule has 1 aromatic carbocycles. The Kier molecular flexibility index (Phi) is 3.85. The van der Waals surface area contributed by atoms with Crippen molar-refractivity contribution in [1.82, 2.24) is 4.90 Å². The predicted molar refractivity (Wildman–Crippen MR) is 77.0 cm³/mol. The van der Waals surface area contributed by atoms with Crippen molar-refractivity contribution in [3.63, 3.8) is 0 Å². The third-order valence-electron chi connectivity index (χ3n) is 3.93. The molecule has 0 aromatic heterocycles. The highest BCUT2D eigenvalue weighted by Gasteiger charge is 2.38. The fourth-order valence-electron chi connectivity index (χ4n) is 2.71. The van der Waals surface area contributed by atoms with E-state index in [-0.39, 0.29) is 16.8 Å². The summed E-state index contributed by atoms with van der Waals surface area (Å²) in [5.41, 5.74) is -0.861. The topological polar surface area (TPSA) is 75.5 Å². The summed E-state index contributed by atoms with van der Waals surface area (Å²) in [6.45, 7) is 4.40. The first-order valence-electron chi connectivity index (χ1n) is 6.75. The van der Waals surface area contributed by atoms with Crippen LogP contribution in [0.1, 0.15) is 37.0 Å². The molecular weight excluding hydrogens is 277 g/mol. The number of nitro groups is 1. The van der Waals surface area contributed by atoms with Crippen molar-refractivity contribution in [2.75, 3.05) is 18.9 Å². The molecule has 0 aliphatic carbocycles. The van der Waals surface area contributed by atoms with Crippen molar-refractivity contribution < 1.29 is 14.1 Å². The summed E-state index contributed by atoms with van der Waals surface area (Å²) < 4.78 is 13.7. The molecule has 0 atom stereocenters. The third kappa shape index (κ3) is 2.68. The second-order valence-electron chi connectivity index (χ2n) is 5.73. The number of hydrogen-bond acceptors (Lipinski definition) is 4. The number of carbonyl (C=O) groups is 1. The molecule has 6 nitrogen and oxygen atoms in total. The largest absolute Gasteiger partial charge is 0.386 e. The second-order valence-corrected chi connectivity index (χ2v) is 5.73. The van der Waals surface area contributed by atoms with Gasteiger partial charge in [-0.2, -0.15) is 0 Å². The van der Waals surface area contributed by atoms with Crippen LogP contribution in [0.25, 0.3) is 0 Å². The van der Waals surface area contributed by atoms with E-state index >= 15 is 0 Å². The van der Waals surface area contributed by atoms with E-state index in [1.165, 1.54) is 13.1 Å². The zero-order chi connectivity index (χ0) is 15.8. The van der Waals surface area contributed by atoms with Crippen molar-refractivity contribution in [3.05, 3.63) is 33.6 Å². The molecule has 0 bridgehead atoms. The number of benzene rings is 1. The molecule has 0 spiro atoms. The zero-order valence-electron chi connectivity index (χ0n) is 12.3. The van der Waals surface area contributed by atoms with Crippen LogP contribution in [0.4, 0.5) is 15.8 Å². The fraction of sp³-hybridized carbons (Fsp3) is 0.500. The molecule has 114 valence electrons. The highest BCUT2D eigenvalue weighted by molar-refractivity contribution is 5.99. The number of anilines is 1. The van der Waals surface area contributed by atoms with Gasteiger partial charge < -0.3 is 10.2 Å². The van der Waals surface area contributed by atoms with Gasteiger partial charge in [0, 0.05) is 19.1 Å². The predicted octanol–water partition coefficient (Wildman–Crippen LogP) is 2.79. The molecule has 1 fully saturated rings. The summed E-state index contributed by atoms with van der Waals surface area (Å²) >= 11 is 0. The summed E-state index contributed by atoms with van der Waals surface area (Å²) in [5.74, 6) is -1.18. The molecule has 0 radical (unpaired) electrons. The Bertz CT molecular complexity index is 601. The van der Waals surface area contributed by atoms with Gasteiger partial charge in [-0.25, -0.2) is 4.39 Å². The van der Waals surface area contributed by atoms with Crippen LogP contribution in [0, 0.1) is 15.9 Å². The third-order valence-corrected chi connectivity index (χ3v) is 3.93. The van der Waals surface area contributed by atoms with E-state index in [1.54, 1.807) is 4.90 Å². The number of carbonyl (C=O) groups excluding carboxylic acids is 1. The molecular formula is C14H18FN3O3. The summed E-state index contributed by atoms with van der Waals surface area (Å²) in [6.07, 6.45) is 1.69. The Hall–Kier alpha value is -2.18. The highest BCUT2D eigenvalue weighted by Crippen LogP contribution is 2.33. The molecule has 0 saturated carbocycles. The van der Waals surface area contributed by atoms with Crippen LogP contribution in [0.5, 0.6) is 0 Å². The number of halogens is 1. The van der Waals surface area contributed by atoms with Crippen LogP contribution in [0.3, 0.4) is 0 Å². The van der Waals surface area contributed by atoms with Gasteiger partial charge in [0.1, 0.15) is 5.56 Å². The zero-order valence-corrected chi connectivity index (χ0v) is 12.3. The quantitative estimate of drug-likeness (QED) is 0.687. The maximum Gasteiger partial charge on any atom is 0.285 e. The lowest BCUT2D eigenvalue weighted by molar-refractivity contribution is -0.385. The van der Waals surface area contributed by atoms with E-state index in [9.17, 15) is 19.3 Å². The van der Waals surface area contributed by atoms with Crippen LogP contribution in [-0.2, 0) is 0 Å². The Balaban J connectivity index is 2.51. The van der Waals surface area contributed by atoms with Gasteiger partial charge >= 0.3 is 0 Å². The minimum atomic E-state index is -0.749. The monoisotopic (exact) mass is 295 g/mol. The van der Waals surface area contributed by atoms with Gasteiger partial charge in [0.05, 0.1) is 16.7 Å². The molecule has 21 heavy (non-hydrogen) atoms. The molecule has 1 aliphatic rings. The maximum absolute atomic E-state index is 13.7. The highest BCUT2D eigenvalue weighted by atomic mass is 19.1. The summed E-state index contributed by atoms with van der Waals surface area (Å²) in [6, 6.07) is 2.01. The number of nitrogens with one attached hydrogen (secondary N) is 1. The molecule has 7 heteroatoms. The van der Waals surface area contributed by atoms with Crippen molar-refractivity contribution in [2.24, 2.45) is 0 Å². The SMILES string of the molecule is CNc1cc(C(=O)N2CCCC2(C)C)c([N+](=O)[O-])cc1F. The molecule has 1 amide bonds. The fourth-order valence-corrected chi connectivity index (χ4v) is 2.71. The van der Waals surface area contributed by atoms with Gasteiger partial charge in [0.15, 0.2) is 5.82 Å². The molecule has 1 N–H and O–H groups in total. The van der Waals surface area contributed by atoms with Crippen LogP contribution >= 0.6 is 0 Å². The minimum absolute atomic E-state index is 0.0703. The normalized spacial score (nSPS) is 16.9. The number of nitro benzene ring substituents is 1. The lowest BCUT2D eigenvalue weighted by Crippen LogP contribution is -2.42. The first kappa shape index (κ1) is 15.2. The lowest BCUT2D eigenvalue weighted by atomic mass is 10.0. The first-order chi connectivity index (χ1) is 9.77. The summed E-state index contributed by atoms with van der Waals surface area (Å²) in [7, 11) is 1.50. The minimum Gasteiger partial charge on any atom is -0.386 e. The molecule has 0 unspecified atom stereocenters. The van der Waals surface area contributed by atoms with E-state index in [0.29, 0.717) is 6.54 Å². The first-order valence-corrected chi connectivity index (χ1v) is 6.75. The lowest BCUT2D eigenvalue weighted by Gasteiger charge is -2.31. The van der Waals surface area contributed by atoms with Crippen LogP contribution < -0.4 is 5.32 Å². The average molecular weight is 295 g/mol. The Morgan fingerprint density at radius 3 is 2.62 bits per heavy atom. The van der Waals surface area contributed by atoms with Gasteiger partial charge in [-0.1, -0.05) is 0 Å². The number of nitrogens with zero attached hydrogens (tertiary/aromatic N) is 2. The van der Waals surface area contributed by atoms with Crippen LogP contribution in [0.15, 0.2) is 12.1 Å². The second kappa shape index (κ2) is 5.31. The Labute approximate surface area is 122 Å². The molecule has 2 rings (SSSR count). The summed E-state index contributed by atoms with van der Waals surface area (Å²) in [5, 5.41) is 13.7. The smallest absolute Gasteiger partial charge is 0.285 e. The van der Waals surface area contributed by atoms with E-state index in [1.807, 2.05) is 13.8 Å². The van der Waals surface area contributed by atoms with E-state index in [0.717, 1.165) is 18.9 Å². The van der Waals surface area contributed by atoms with Crippen molar-refractivity contribution in [3.8, 4) is 0 Å². The van der Waals surface area contributed by atoms with E-state index in [2.05, 4.69) is 5.32 Å². The Morgan fingerprint density at radius 2 is 2.14 bits per heavy atom. The molecule has 1 aliphatic heterocycles. The molecule has 1 saturated heterocycles. The van der Waals surface area contributed by atoms with Gasteiger partial charge in [0.25, 0.3) is 11.6 Å².